The minimum Gasteiger partial charge on any atom is -0.313 e. The fourth-order valence-corrected chi connectivity index (χ4v) is 2.10. The van der Waals surface area contributed by atoms with Gasteiger partial charge in [-0.25, -0.2) is 0 Å². The van der Waals surface area contributed by atoms with Crippen LogP contribution in [0.15, 0.2) is 0 Å². The van der Waals surface area contributed by atoms with Crippen molar-refractivity contribution in [3.05, 3.63) is 0 Å². The van der Waals surface area contributed by atoms with Crippen molar-refractivity contribution >= 4 is 0 Å². The summed E-state index contributed by atoms with van der Waals surface area (Å²) < 4.78 is 0. The molecule has 2 heteroatoms. The van der Waals surface area contributed by atoms with Crippen molar-refractivity contribution < 1.29 is 0 Å². The lowest BCUT2D eigenvalue weighted by molar-refractivity contribution is 0.144. The topological polar surface area (TPSA) is 15.3 Å². The summed E-state index contributed by atoms with van der Waals surface area (Å²) in [7, 11) is 0. The minimum atomic E-state index is 0.598. The van der Waals surface area contributed by atoms with Gasteiger partial charge in [0, 0.05) is 31.2 Å². The zero-order chi connectivity index (χ0) is 11.8. The molecule has 92 valence electrons. The summed E-state index contributed by atoms with van der Waals surface area (Å²) in [4.78, 5) is 2.62. The molecule has 15 heavy (non-hydrogen) atoms. The first-order chi connectivity index (χ1) is 7.02. The van der Waals surface area contributed by atoms with Crippen LogP contribution in [0.3, 0.4) is 0 Å². The van der Waals surface area contributed by atoms with Crippen LogP contribution in [-0.4, -0.2) is 36.1 Å². The lowest BCUT2D eigenvalue weighted by Crippen LogP contribution is -2.44. The lowest BCUT2D eigenvalue weighted by atomic mass is 10.1. The largest absolute Gasteiger partial charge is 0.313 e. The molecule has 0 saturated carbocycles. The summed E-state index contributed by atoms with van der Waals surface area (Å²) in [5, 5.41) is 3.49. The molecule has 0 aliphatic heterocycles. The van der Waals surface area contributed by atoms with Gasteiger partial charge in [0.05, 0.1) is 0 Å². The van der Waals surface area contributed by atoms with Gasteiger partial charge in [-0.2, -0.15) is 0 Å². The van der Waals surface area contributed by atoms with E-state index in [1.54, 1.807) is 0 Å². The molecule has 0 aliphatic carbocycles. The Morgan fingerprint density at radius 2 is 1.53 bits per heavy atom. The van der Waals surface area contributed by atoms with E-state index >= 15 is 0 Å². The first-order valence-electron chi connectivity index (χ1n) is 6.51. The van der Waals surface area contributed by atoms with Crippen LogP contribution in [0.25, 0.3) is 0 Å². The Bertz CT molecular complexity index is 139. The van der Waals surface area contributed by atoms with Crippen molar-refractivity contribution in [1.29, 1.82) is 0 Å². The summed E-state index contributed by atoms with van der Waals surface area (Å²) in [6, 6.07) is 2.00. The average Bonchev–Trinajstić information content (AvgIpc) is 2.16. The van der Waals surface area contributed by atoms with E-state index in [2.05, 4.69) is 51.8 Å². The standard InChI is InChI=1S/C13H30N2/c1-7-13(8-2)15(12(5)6)10-9-14-11(3)4/h11-14H,7-10H2,1-6H3. The van der Waals surface area contributed by atoms with Crippen LogP contribution in [0.2, 0.25) is 0 Å². The molecule has 0 rings (SSSR count). The fraction of sp³-hybridized carbons (Fsp3) is 1.00. The summed E-state index contributed by atoms with van der Waals surface area (Å²) in [5.41, 5.74) is 0. The number of nitrogens with one attached hydrogen (secondary N) is 1. The molecular formula is C13H30N2. The monoisotopic (exact) mass is 214 g/mol. The van der Waals surface area contributed by atoms with Crippen LogP contribution in [-0.2, 0) is 0 Å². The molecule has 0 unspecified atom stereocenters. The Balaban J connectivity index is 4.03. The summed E-state index contributed by atoms with van der Waals surface area (Å²) in [6.45, 7) is 15.9. The third-order valence-corrected chi connectivity index (χ3v) is 3.00. The van der Waals surface area contributed by atoms with Gasteiger partial charge in [0.15, 0.2) is 0 Å². The first-order valence-corrected chi connectivity index (χ1v) is 6.51. The lowest BCUT2D eigenvalue weighted by Gasteiger charge is -2.34. The highest BCUT2D eigenvalue weighted by molar-refractivity contribution is 4.73. The fourth-order valence-electron chi connectivity index (χ4n) is 2.10. The van der Waals surface area contributed by atoms with E-state index in [1.807, 2.05) is 0 Å². The SMILES string of the molecule is CCC(CC)N(CCNC(C)C)C(C)C. The first kappa shape index (κ1) is 14.9. The maximum Gasteiger partial charge on any atom is 0.0113 e. The van der Waals surface area contributed by atoms with Gasteiger partial charge in [-0.15, -0.1) is 0 Å². The quantitative estimate of drug-likeness (QED) is 0.668. The van der Waals surface area contributed by atoms with Crippen molar-refractivity contribution in [1.82, 2.24) is 10.2 Å². The van der Waals surface area contributed by atoms with Crippen LogP contribution in [0.1, 0.15) is 54.4 Å². The van der Waals surface area contributed by atoms with Gasteiger partial charge >= 0.3 is 0 Å². The number of rotatable bonds is 8. The Morgan fingerprint density at radius 3 is 1.87 bits per heavy atom. The smallest absolute Gasteiger partial charge is 0.0113 e. The van der Waals surface area contributed by atoms with Crippen LogP contribution < -0.4 is 5.32 Å². The van der Waals surface area contributed by atoms with Crippen LogP contribution in [0.5, 0.6) is 0 Å². The molecular weight excluding hydrogens is 184 g/mol. The van der Waals surface area contributed by atoms with Gasteiger partial charge in [0.25, 0.3) is 0 Å². The molecule has 2 nitrogen and oxygen atoms in total. The summed E-state index contributed by atoms with van der Waals surface area (Å²) in [5.74, 6) is 0. The summed E-state index contributed by atoms with van der Waals surface area (Å²) >= 11 is 0. The van der Waals surface area contributed by atoms with Gasteiger partial charge in [0.1, 0.15) is 0 Å². The van der Waals surface area contributed by atoms with Crippen LogP contribution in [0.4, 0.5) is 0 Å². The molecule has 0 atom stereocenters. The molecule has 0 aromatic carbocycles. The predicted molar refractivity (Wildman–Crippen MR) is 69.4 cm³/mol. The van der Waals surface area contributed by atoms with Crippen molar-refractivity contribution in [2.45, 2.75) is 72.5 Å². The molecule has 0 aliphatic rings. The Hall–Kier alpha value is -0.0800. The van der Waals surface area contributed by atoms with Crippen molar-refractivity contribution in [3.63, 3.8) is 0 Å². The Morgan fingerprint density at radius 1 is 1.00 bits per heavy atom. The summed E-state index contributed by atoms with van der Waals surface area (Å²) in [6.07, 6.45) is 2.52. The van der Waals surface area contributed by atoms with Crippen molar-refractivity contribution in [3.8, 4) is 0 Å². The van der Waals surface area contributed by atoms with Gasteiger partial charge in [-0.3, -0.25) is 4.90 Å². The molecule has 1 N–H and O–H groups in total. The third kappa shape index (κ3) is 6.16. The molecule has 0 radical (unpaired) electrons. The Kier molecular flexibility index (Phi) is 8.07. The highest BCUT2D eigenvalue weighted by atomic mass is 15.2. The Labute approximate surface area is 96.4 Å². The number of hydrogen-bond acceptors (Lipinski definition) is 2. The molecule has 0 fully saturated rings. The van der Waals surface area contributed by atoms with E-state index in [-0.39, 0.29) is 0 Å². The molecule has 0 aromatic rings. The van der Waals surface area contributed by atoms with Gasteiger partial charge in [-0.05, 0) is 26.7 Å². The second kappa shape index (κ2) is 8.12. The maximum atomic E-state index is 3.49. The second-order valence-electron chi connectivity index (χ2n) is 4.91. The highest BCUT2D eigenvalue weighted by Crippen LogP contribution is 2.11. The van der Waals surface area contributed by atoms with E-state index in [9.17, 15) is 0 Å². The third-order valence-electron chi connectivity index (χ3n) is 3.00. The highest BCUT2D eigenvalue weighted by Gasteiger charge is 2.17. The van der Waals surface area contributed by atoms with E-state index in [0.717, 1.165) is 12.6 Å². The minimum absolute atomic E-state index is 0.598. The van der Waals surface area contributed by atoms with E-state index in [4.69, 9.17) is 0 Å². The normalized spacial score (nSPS) is 12.4. The van der Waals surface area contributed by atoms with E-state index in [0.29, 0.717) is 12.1 Å². The van der Waals surface area contributed by atoms with Gasteiger partial charge in [0.2, 0.25) is 0 Å². The average molecular weight is 214 g/mol. The number of hydrogen-bond donors (Lipinski definition) is 1. The van der Waals surface area contributed by atoms with Crippen molar-refractivity contribution in [2.75, 3.05) is 13.1 Å². The molecule has 0 spiro atoms. The molecule has 0 amide bonds. The van der Waals surface area contributed by atoms with Gasteiger partial charge in [-0.1, -0.05) is 27.7 Å². The second-order valence-corrected chi connectivity index (χ2v) is 4.91. The van der Waals surface area contributed by atoms with E-state index in [1.165, 1.54) is 19.4 Å². The maximum absolute atomic E-state index is 3.49. The zero-order valence-electron chi connectivity index (χ0n) is 11.5. The molecule has 0 aromatic heterocycles. The molecule has 0 saturated heterocycles. The predicted octanol–water partition coefficient (Wildman–Crippen LogP) is 2.88. The van der Waals surface area contributed by atoms with Crippen LogP contribution >= 0.6 is 0 Å². The number of nitrogens with zero attached hydrogens (tertiary/aromatic N) is 1. The zero-order valence-corrected chi connectivity index (χ0v) is 11.5. The molecule has 0 heterocycles. The van der Waals surface area contributed by atoms with Crippen LogP contribution in [0, 0.1) is 0 Å². The van der Waals surface area contributed by atoms with Gasteiger partial charge < -0.3 is 5.32 Å². The van der Waals surface area contributed by atoms with Crippen molar-refractivity contribution in [2.24, 2.45) is 0 Å². The molecule has 0 bridgehead atoms. The van der Waals surface area contributed by atoms with E-state index < -0.39 is 0 Å².